The Hall–Kier alpha value is -2.84. The first-order valence-corrected chi connectivity index (χ1v) is 8.08. The van der Waals surface area contributed by atoms with E-state index >= 15 is 0 Å². The fourth-order valence-corrected chi connectivity index (χ4v) is 3.24. The van der Waals surface area contributed by atoms with Crippen molar-refractivity contribution in [2.75, 3.05) is 0 Å². The van der Waals surface area contributed by atoms with Crippen LogP contribution in [-0.4, -0.2) is 4.57 Å². The maximum absolute atomic E-state index is 13.2. The molecule has 0 unspecified atom stereocenters. The lowest BCUT2D eigenvalue weighted by Crippen LogP contribution is -2.18. The van der Waals surface area contributed by atoms with Crippen molar-refractivity contribution < 1.29 is 0 Å². The van der Waals surface area contributed by atoms with Crippen molar-refractivity contribution in [2.45, 2.75) is 0 Å². The van der Waals surface area contributed by atoms with Gasteiger partial charge in [0.15, 0.2) is 0 Å². The molecule has 1 aromatic heterocycles. The maximum Gasteiger partial charge on any atom is 0.263 e. The average Bonchev–Trinajstić information content (AvgIpc) is 2.65. The van der Waals surface area contributed by atoms with E-state index in [2.05, 4.69) is 0 Å². The van der Waals surface area contributed by atoms with Crippen molar-refractivity contribution in [3.63, 3.8) is 0 Å². The van der Waals surface area contributed by atoms with Crippen LogP contribution in [0.1, 0.15) is 0 Å². The molecule has 3 aromatic carbocycles. The molecule has 4 rings (SSSR count). The summed E-state index contributed by atoms with van der Waals surface area (Å²) in [6, 6.07) is 25.2. The van der Waals surface area contributed by atoms with Gasteiger partial charge in [0, 0.05) is 17.3 Å². The van der Waals surface area contributed by atoms with Gasteiger partial charge in [-0.05, 0) is 23.3 Å². The van der Waals surface area contributed by atoms with Gasteiger partial charge in [-0.1, -0.05) is 78.3 Å². The third-order valence-corrected chi connectivity index (χ3v) is 4.42. The standard InChI is InChI=1S/C21H14ClNO/c22-19-14-23(16-10-5-2-6-11-16)21(24)20-17(12-7-13-18(19)20)15-8-3-1-4-9-15/h1-14H. The Kier molecular flexibility index (Phi) is 3.68. The second kappa shape index (κ2) is 5.99. The summed E-state index contributed by atoms with van der Waals surface area (Å²) in [5, 5.41) is 1.97. The summed E-state index contributed by atoms with van der Waals surface area (Å²) in [5.41, 5.74) is 2.63. The summed E-state index contributed by atoms with van der Waals surface area (Å²) in [4.78, 5) is 13.2. The van der Waals surface area contributed by atoms with Crippen molar-refractivity contribution in [3.05, 3.63) is 100 Å². The minimum atomic E-state index is -0.0694. The van der Waals surface area contributed by atoms with Crippen molar-refractivity contribution in [1.29, 1.82) is 0 Å². The van der Waals surface area contributed by atoms with Crippen LogP contribution in [0.3, 0.4) is 0 Å². The summed E-state index contributed by atoms with van der Waals surface area (Å²) in [6.45, 7) is 0. The molecule has 0 bridgehead atoms. The molecule has 0 aliphatic carbocycles. The van der Waals surface area contributed by atoms with Crippen LogP contribution in [0.2, 0.25) is 5.02 Å². The molecule has 0 saturated carbocycles. The molecule has 0 atom stereocenters. The SMILES string of the molecule is O=c1c2c(-c3ccccc3)cccc2c(Cl)cn1-c1ccccc1. The van der Waals surface area contributed by atoms with Crippen LogP contribution in [0.25, 0.3) is 27.6 Å². The van der Waals surface area contributed by atoms with E-state index in [-0.39, 0.29) is 5.56 Å². The highest BCUT2D eigenvalue weighted by molar-refractivity contribution is 6.35. The first kappa shape index (κ1) is 14.7. The van der Waals surface area contributed by atoms with Crippen LogP contribution in [0.15, 0.2) is 89.9 Å². The van der Waals surface area contributed by atoms with E-state index in [1.54, 1.807) is 10.8 Å². The number of benzene rings is 3. The monoisotopic (exact) mass is 331 g/mol. The zero-order chi connectivity index (χ0) is 16.5. The second-order valence-corrected chi connectivity index (χ2v) is 5.99. The number of hydrogen-bond donors (Lipinski definition) is 0. The van der Waals surface area contributed by atoms with Crippen molar-refractivity contribution in [2.24, 2.45) is 0 Å². The molecule has 24 heavy (non-hydrogen) atoms. The molecule has 0 aliphatic heterocycles. The number of fused-ring (bicyclic) bond motifs is 1. The highest BCUT2D eigenvalue weighted by Gasteiger charge is 2.13. The van der Waals surface area contributed by atoms with Gasteiger partial charge in [0.25, 0.3) is 5.56 Å². The lowest BCUT2D eigenvalue weighted by atomic mass is 9.99. The number of halogens is 1. The molecule has 0 N–H and O–H groups in total. The number of hydrogen-bond acceptors (Lipinski definition) is 1. The average molecular weight is 332 g/mol. The van der Waals surface area contributed by atoms with Crippen LogP contribution in [0, 0.1) is 0 Å². The molecule has 0 radical (unpaired) electrons. The Bertz CT molecular complexity index is 1070. The Morgan fingerprint density at radius 2 is 1.42 bits per heavy atom. The molecule has 2 nitrogen and oxygen atoms in total. The van der Waals surface area contributed by atoms with Gasteiger partial charge >= 0.3 is 0 Å². The van der Waals surface area contributed by atoms with E-state index in [1.807, 2.05) is 78.9 Å². The smallest absolute Gasteiger partial charge is 0.263 e. The third kappa shape index (κ3) is 2.41. The summed E-state index contributed by atoms with van der Waals surface area (Å²) in [5.74, 6) is 0. The van der Waals surface area contributed by atoms with Crippen LogP contribution < -0.4 is 5.56 Å². The maximum atomic E-state index is 13.2. The van der Waals surface area contributed by atoms with Crippen LogP contribution in [0.4, 0.5) is 0 Å². The van der Waals surface area contributed by atoms with Crippen molar-refractivity contribution in [3.8, 4) is 16.8 Å². The molecular formula is C21H14ClNO. The van der Waals surface area contributed by atoms with Crippen LogP contribution in [0.5, 0.6) is 0 Å². The van der Waals surface area contributed by atoms with Gasteiger partial charge in [0.05, 0.1) is 10.4 Å². The molecule has 0 spiro atoms. The molecule has 0 aliphatic rings. The lowest BCUT2D eigenvalue weighted by Gasteiger charge is -2.12. The Balaban J connectivity index is 2.11. The minimum absolute atomic E-state index is 0.0694. The summed E-state index contributed by atoms with van der Waals surface area (Å²) >= 11 is 6.48. The van der Waals surface area contributed by atoms with Crippen molar-refractivity contribution in [1.82, 2.24) is 4.57 Å². The highest BCUT2D eigenvalue weighted by Crippen LogP contribution is 2.30. The van der Waals surface area contributed by atoms with Gasteiger partial charge < -0.3 is 0 Å². The quantitative estimate of drug-likeness (QED) is 0.488. The first-order chi connectivity index (χ1) is 11.8. The number of nitrogens with zero attached hydrogens (tertiary/aromatic N) is 1. The molecule has 0 saturated heterocycles. The molecular weight excluding hydrogens is 318 g/mol. The number of para-hydroxylation sites is 1. The predicted molar refractivity (Wildman–Crippen MR) is 100.0 cm³/mol. The van der Waals surface area contributed by atoms with E-state index in [0.717, 1.165) is 22.2 Å². The molecule has 3 heteroatoms. The first-order valence-electron chi connectivity index (χ1n) is 7.70. The summed E-state index contributed by atoms with van der Waals surface area (Å²) in [7, 11) is 0. The molecule has 0 fully saturated rings. The Morgan fingerprint density at radius 1 is 0.750 bits per heavy atom. The fraction of sp³-hybridized carbons (Fsp3) is 0. The molecule has 0 amide bonds. The molecule has 116 valence electrons. The molecule has 1 heterocycles. The second-order valence-electron chi connectivity index (χ2n) is 5.58. The van der Waals surface area contributed by atoms with E-state index < -0.39 is 0 Å². The fourth-order valence-electron chi connectivity index (χ4n) is 2.98. The lowest BCUT2D eigenvalue weighted by molar-refractivity contribution is 1.01. The van der Waals surface area contributed by atoms with E-state index in [1.165, 1.54) is 0 Å². The topological polar surface area (TPSA) is 22.0 Å². The van der Waals surface area contributed by atoms with Gasteiger partial charge in [-0.25, -0.2) is 0 Å². The van der Waals surface area contributed by atoms with Crippen LogP contribution in [-0.2, 0) is 0 Å². The van der Waals surface area contributed by atoms with Crippen molar-refractivity contribution >= 4 is 22.4 Å². The minimum Gasteiger partial charge on any atom is -0.282 e. The zero-order valence-corrected chi connectivity index (χ0v) is 13.6. The summed E-state index contributed by atoms with van der Waals surface area (Å²) in [6.07, 6.45) is 1.69. The van der Waals surface area contributed by atoms with E-state index in [0.29, 0.717) is 10.4 Å². The van der Waals surface area contributed by atoms with Gasteiger partial charge in [-0.2, -0.15) is 0 Å². The number of rotatable bonds is 2. The number of pyridine rings is 1. The van der Waals surface area contributed by atoms with Gasteiger partial charge in [-0.3, -0.25) is 9.36 Å². The van der Waals surface area contributed by atoms with Crippen LogP contribution >= 0.6 is 11.6 Å². The highest BCUT2D eigenvalue weighted by atomic mass is 35.5. The van der Waals surface area contributed by atoms with E-state index in [4.69, 9.17) is 11.6 Å². The Labute approximate surface area is 144 Å². The predicted octanol–water partition coefficient (Wildman–Crippen LogP) is 5.31. The normalized spacial score (nSPS) is 10.9. The van der Waals surface area contributed by atoms with Gasteiger partial charge in [0.2, 0.25) is 0 Å². The Morgan fingerprint density at radius 3 is 2.12 bits per heavy atom. The van der Waals surface area contributed by atoms with E-state index in [9.17, 15) is 4.79 Å². The third-order valence-electron chi connectivity index (χ3n) is 4.12. The summed E-state index contributed by atoms with van der Waals surface area (Å²) < 4.78 is 1.61. The van der Waals surface area contributed by atoms with Gasteiger partial charge in [0.1, 0.15) is 0 Å². The zero-order valence-electron chi connectivity index (χ0n) is 12.8. The van der Waals surface area contributed by atoms with Gasteiger partial charge in [-0.15, -0.1) is 0 Å². The molecule has 4 aromatic rings. The number of aromatic nitrogens is 1. The largest absolute Gasteiger partial charge is 0.282 e.